The van der Waals surface area contributed by atoms with E-state index in [0.29, 0.717) is 39.7 Å². The smallest absolute Gasteiger partial charge is 0.331 e. The number of hydrogen-bond donors (Lipinski definition) is 1. The van der Waals surface area contributed by atoms with Crippen molar-refractivity contribution >= 4 is 12.0 Å². The third-order valence-electron chi connectivity index (χ3n) is 15.3. The summed E-state index contributed by atoms with van der Waals surface area (Å²) in [6.45, 7) is 22.2. The van der Waals surface area contributed by atoms with E-state index >= 15 is 0 Å². The molecule has 0 aromatic heterocycles. The van der Waals surface area contributed by atoms with Crippen molar-refractivity contribution < 1.29 is 19.4 Å². The Labute approximate surface area is 267 Å². The first-order chi connectivity index (χ1) is 20.6. The highest BCUT2D eigenvalue weighted by Crippen LogP contribution is 2.77. The van der Waals surface area contributed by atoms with Crippen LogP contribution in [0.3, 0.4) is 0 Å². The summed E-state index contributed by atoms with van der Waals surface area (Å²) in [5.41, 5.74) is 3.55. The molecule has 0 amide bonds. The fourth-order valence-electron chi connectivity index (χ4n) is 12.8. The molecular formula is C40H58O4. The van der Waals surface area contributed by atoms with Crippen LogP contribution in [-0.2, 0) is 9.53 Å². The standard InChI is InChI=1S/C40H58O4/c1-25(2)27-16-19-37(5)22-23-39(7)28(35(27)37)12-14-32-38(6)20-18-33(36(3,4)31(38)17-21-40(32,39)8)44-34(42)15-11-26-10-13-30(43-9)29(41)24-26/h10-11,13,15,24,27-28,31-33,35,41H,1,12,14,16-23H2,2-9H3/b15-11+/t27?,28-,31+,32-,33+,35-,37-,38+,39-,40-/m1/s1. The molecule has 4 nitrogen and oxygen atoms in total. The molecule has 1 aromatic carbocycles. The van der Waals surface area contributed by atoms with Gasteiger partial charge in [0.15, 0.2) is 11.5 Å². The summed E-state index contributed by atoms with van der Waals surface area (Å²) in [6.07, 6.45) is 15.9. The molecular weight excluding hydrogens is 544 g/mol. The van der Waals surface area contributed by atoms with Gasteiger partial charge in [-0.2, -0.15) is 0 Å². The highest BCUT2D eigenvalue weighted by atomic mass is 16.5. The quantitative estimate of drug-likeness (QED) is 0.207. The Hall–Kier alpha value is -2.23. The zero-order chi connectivity index (χ0) is 31.9. The van der Waals surface area contributed by atoms with Crippen molar-refractivity contribution in [1.82, 2.24) is 0 Å². The summed E-state index contributed by atoms with van der Waals surface area (Å²) in [7, 11) is 1.52. The Morgan fingerprint density at radius 2 is 1.66 bits per heavy atom. The van der Waals surface area contributed by atoms with Gasteiger partial charge in [-0.3, -0.25) is 0 Å². The fraction of sp³-hybridized carbons (Fsp3) is 0.725. The molecule has 5 saturated carbocycles. The highest BCUT2D eigenvalue weighted by Gasteiger charge is 2.70. The predicted molar refractivity (Wildman–Crippen MR) is 178 cm³/mol. The van der Waals surface area contributed by atoms with Crippen molar-refractivity contribution in [3.8, 4) is 11.5 Å². The van der Waals surface area contributed by atoms with Gasteiger partial charge in [-0.15, -0.1) is 0 Å². The normalized spacial score (nSPS) is 44.2. The van der Waals surface area contributed by atoms with Crippen LogP contribution in [0.2, 0.25) is 0 Å². The molecule has 0 aliphatic heterocycles. The average molecular weight is 603 g/mol. The first-order valence-electron chi connectivity index (χ1n) is 17.5. The summed E-state index contributed by atoms with van der Waals surface area (Å²) >= 11 is 0. The van der Waals surface area contributed by atoms with Gasteiger partial charge in [-0.1, -0.05) is 59.8 Å². The van der Waals surface area contributed by atoms with Gasteiger partial charge >= 0.3 is 5.97 Å². The fourth-order valence-corrected chi connectivity index (χ4v) is 12.8. The molecule has 5 aliphatic rings. The second-order valence-electron chi connectivity index (χ2n) is 17.4. The van der Waals surface area contributed by atoms with Crippen LogP contribution in [0.5, 0.6) is 11.5 Å². The maximum Gasteiger partial charge on any atom is 0.331 e. The van der Waals surface area contributed by atoms with Gasteiger partial charge in [0, 0.05) is 11.5 Å². The zero-order valence-corrected chi connectivity index (χ0v) is 28.8. The molecule has 0 spiro atoms. The van der Waals surface area contributed by atoms with Crippen molar-refractivity contribution in [3.05, 3.63) is 42.0 Å². The molecule has 0 heterocycles. The largest absolute Gasteiger partial charge is 0.504 e. The number of phenols is 1. The van der Waals surface area contributed by atoms with Crippen LogP contribution in [0.1, 0.15) is 118 Å². The molecule has 1 N–H and O–H groups in total. The van der Waals surface area contributed by atoms with Crippen LogP contribution >= 0.6 is 0 Å². The number of fused-ring (bicyclic) bond motifs is 7. The molecule has 44 heavy (non-hydrogen) atoms. The minimum absolute atomic E-state index is 0.0593. The Morgan fingerprint density at radius 1 is 0.909 bits per heavy atom. The number of carbonyl (C=O) groups excluding carboxylic acids is 1. The number of allylic oxidation sites excluding steroid dienone is 1. The predicted octanol–water partition coefficient (Wildman–Crippen LogP) is 10.0. The van der Waals surface area contributed by atoms with Crippen molar-refractivity contribution in [1.29, 1.82) is 0 Å². The van der Waals surface area contributed by atoms with Crippen LogP contribution in [-0.4, -0.2) is 24.3 Å². The average Bonchev–Trinajstić information content (AvgIpc) is 3.32. The number of aromatic hydroxyl groups is 1. The minimum Gasteiger partial charge on any atom is -0.504 e. The lowest BCUT2D eigenvalue weighted by Crippen LogP contribution is -2.66. The van der Waals surface area contributed by atoms with Gasteiger partial charge in [0.2, 0.25) is 0 Å². The number of ether oxygens (including phenoxy) is 2. The number of benzene rings is 1. The third kappa shape index (κ3) is 4.54. The van der Waals surface area contributed by atoms with Crippen molar-refractivity contribution in [2.45, 2.75) is 119 Å². The molecule has 10 atom stereocenters. The molecule has 5 aliphatic carbocycles. The maximum absolute atomic E-state index is 13.1. The Balaban J connectivity index is 1.21. The van der Waals surface area contributed by atoms with E-state index in [2.05, 4.69) is 55.0 Å². The highest BCUT2D eigenvalue weighted by molar-refractivity contribution is 5.87. The molecule has 0 radical (unpaired) electrons. The van der Waals surface area contributed by atoms with Crippen LogP contribution < -0.4 is 4.74 Å². The Morgan fingerprint density at radius 3 is 2.34 bits per heavy atom. The second-order valence-corrected chi connectivity index (χ2v) is 17.4. The molecule has 1 aromatic rings. The first kappa shape index (κ1) is 31.7. The van der Waals surface area contributed by atoms with Gasteiger partial charge in [-0.05, 0) is 146 Å². The first-order valence-corrected chi connectivity index (χ1v) is 17.5. The molecule has 5 fully saturated rings. The van der Waals surface area contributed by atoms with Gasteiger partial charge in [0.25, 0.3) is 0 Å². The zero-order valence-electron chi connectivity index (χ0n) is 28.8. The van der Waals surface area contributed by atoms with E-state index in [-0.39, 0.29) is 28.7 Å². The van der Waals surface area contributed by atoms with Gasteiger partial charge in [0.1, 0.15) is 6.10 Å². The molecule has 1 unspecified atom stereocenters. The summed E-state index contributed by atoms with van der Waals surface area (Å²) in [5.74, 6) is 3.71. The Bertz CT molecular complexity index is 1340. The summed E-state index contributed by atoms with van der Waals surface area (Å²) in [6, 6.07) is 5.13. The van der Waals surface area contributed by atoms with E-state index in [0.717, 1.165) is 30.2 Å². The lowest BCUT2D eigenvalue weighted by Gasteiger charge is -2.73. The van der Waals surface area contributed by atoms with Crippen LogP contribution in [0.25, 0.3) is 6.08 Å². The van der Waals surface area contributed by atoms with Gasteiger partial charge < -0.3 is 14.6 Å². The molecule has 0 bridgehead atoms. The minimum atomic E-state index is -0.301. The number of methoxy groups -OCH3 is 1. The lowest BCUT2D eigenvalue weighted by atomic mass is 9.32. The van der Waals surface area contributed by atoms with Crippen LogP contribution in [0.15, 0.2) is 36.4 Å². The molecule has 0 saturated heterocycles. The lowest BCUT2D eigenvalue weighted by molar-refractivity contribution is -0.248. The maximum atomic E-state index is 13.1. The van der Waals surface area contributed by atoms with Crippen molar-refractivity contribution in [2.75, 3.05) is 7.11 Å². The number of carbonyl (C=O) groups is 1. The number of esters is 1. The van der Waals surface area contributed by atoms with E-state index in [1.807, 2.05) is 6.07 Å². The SMILES string of the molecule is C=C(C)C1CC[C@]2(C)CC[C@]3(C)[C@H](CC[C@@H]4[C@@]5(C)CC[C@H](OC(=O)/C=C/c6ccc(OC)c(O)c6)C(C)(C)[C@@H]5CC[C@]43C)[C@@H]12. The third-order valence-corrected chi connectivity index (χ3v) is 15.3. The molecule has 6 rings (SSSR count). The van der Waals surface area contributed by atoms with Crippen LogP contribution in [0, 0.1) is 56.7 Å². The summed E-state index contributed by atoms with van der Waals surface area (Å²) < 4.78 is 11.4. The number of hydrogen-bond acceptors (Lipinski definition) is 4. The van der Waals surface area contributed by atoms with Crippen LogP contribution in [0.4, 0.5) is 0 Å². The summed E-state index contributed by atoms with van der Waals surface area (Å²) in [4.78, 5) is 13.1. The topological polar surface area (TPSA) is 55.8 Å². The second kappa shape index (κ2) is 10.7. The van der Waals surface area contributed by atoms with Crippen molar-refractivity contribution in [2.24, 2.45) is 56.7 Å². The molecule has 4 heteroatoms. The van der Waals surface area contributed by atoms with Gasteiger partial charge in [0.05, 0.1) is 7.11 Å². The van der Waals surface area contributed by atoms with E-state index in [4.69, 9.17) is 9.47 Å². The number of rotatable bonds is 5. The molecule has 242 valence electrons. The monoisotopic (exact) mass is 602 g/mol. The van der Waals surface area contributed by atoms with E-state index in [1.165, 1.54) is 70.1 Å². The summed E-state index contributed by atoms with van der Waals surface area (Å²) in [5, 5.41) is 10.1. The Kier molecular flexibility index (Phi) is 7.69. The van der Waals surface area contributed by atoms with E-state index < -0.39 is 0 Å². The van der Waals surface area contributed by atoms with Crippen molar-refractivity contribution in [3.63, 3.8) is 0 Å². The van der Waals surface area contributed by atoms with E-state index in [1.54, 1.807) is 18.2 Å². The number of phenolic OH excluding ortho intramolecular Hbond substituents is 1. The van der Waals surface area contributed by atoms with E-state index in [9.17, 15) is 9.90 Å². The van der Waals surface area contributed by atoms with Gasteiger partial charge in [-0.25, -0.2) is 4.79 Å².